The number of ether oxygens (including phenoxy) is 1. The molecule has 0 bridgehead atoms. The zero-order valence-electron chi connectivity index (χ0n) is 10.7. The lowest BCUT2D eigenvalue weighted by molar-refractivity contribution is -0.148. The first-order chi connectivity index (χ1) is 7.67. The molecule has 0 aromatic rings. The fraction of sp³-hybridized carbons (Fsp3) is 0.917. The van der Waals surface area contributed by atoms with Crippen molar-refractivity contribution in [2.24, 2.45) is 5.41 Å². The van der Waals surface area contributed by atoms with Crippen molar-refractivity contribution in [3.8, 4) is 0 Å². The molecule has 0 amide bonds. The fourth-order valence-electron chi connectivity index (χ4n) is 2.86. The van der Waals surface area contributed by atoms with Crippen LogP contribution in [-0.2, 0) is 9.53 Å². The van der Waals surface area contributed by atoms with E-state index in [-0.39, 0.29) is 24.4 Å². The van der Waals surface area contributed by atoms with Crippen molar-refractivity contribution in [1.82, 2.24) is 10.2 Å². The van der Waals surface area contributed by atoms with Crippen molar-refractivity contribution in [3.63, 3.8) is 0 Å². The SMILES string of the molecule is CCOC(=O)C(C)N1CCC2(CCNC2)C1.Cl. The largest absolute Gasteiger partial charge is 0.465 e. The third-order valence-electron chi connectivity index (χ3n) is 3.98. The van der Waals surface area contributed by atoms with Crippen LogP contribution in [0.5, 0.6) is 0 Å². The molecule has 0 aromatic carbocycles. The summed E-state index contributed by atoms with van der Waals surface area (Å²) in [6.07, 6.45) is 2.46. The molecule has 1 N–H and O–H groups in total. The van der Waals surface area contributed by atoms with Crippen LogP contribution in [-0.4, -0.2) is 49.7 Å². The summed E-state index contributed by atoms with van der Waals surface area (Å²) in [7, 11) is 0. The molecule has 2 aliphatic heterocycles. The smallest absolute Gasteiger partial charge is 0.323 e. The van der Waals surface area contributed by atoms with E-state index in [1.165, 1.54) is 12.8 Å². The Morgan fingerprint density at radius 2 is 2.29 bits per heavy atom. The van der Waals surface area contributed by atoms with E-state index in [0.29, 0.717) is 12.0 Å². The van der Waals surface area contributed by atoms with Crippen molar-refractivity contribution in [3.05, 3.63) is 0 Å². The van der Waals surface area contributed by atoms with E-state index in [4.69, 9.17) is 4.74 Å². The normalized spacial score (nSPS) is 30.2. The van der Waals surface area contributed by atoms with Crippen molar-refractivity contribution >= 4 is 18.4 Å². The minimum atomic E-state index is -0.0834. The van der Waals surface area contributed by atoms with Gasteiger partial charge in [0.05, 0.1) is 6.61 Å². The van der Waals surface area contributed by atoms with Crippen molar-refractivity contribution < 1.29 is 9.53 Å². The monoisotopic (exact) mass is 262 g/mol. The molecule has 4 nitrogen and oxygen atoms in total. The van der Waals surface area contributed by atoms with Crippen LogP contribution in [0.3, 0.4) is 0 Å². The van der Waals surface area contributed by atoms with Crippen LogP contribution < -0.4 is 5.32 Å². The van der Waals surface area contributed by atoms with E-state index in [9.17, 15) is 4.79 Å². The van der Waals surface area contributed by atoms with Gasteiger partial charge < -0.3 is 10.1 Å². The minimum Gasteiger partial charge on any atom is -0.465 e. The first-order valence-corrected chi connectivity index (χ1v) is 6.28. The van der Waals surface area contributed by atoms with Crippen LogP contribution >= 0.6 is 12.4 Å². The first kappa shape index (κ1) is 14.7. The highest BCUT2D eigenvalue weighted by Gasteiger charge is 2.42. The summed E-state index contributed by atoms with van der Waals surface area (Å²) < 4.78 is 5.07. The third kappa shape index (κ3) is 3.12. The molecular weight excluding hydrogens is 240 g/mol. The Hall–Kier alpha value is -0.320. The topological polar surface area (TPSA) is 41.6 Å². The van der Waals surface area contributed by atoms with Gasteiger partial charge in [-0.15, -0.1) is 12.4 Å². The van der Waals surface area contributed by atoms with Crippen LogP contribution in [0.4, 0.5) is 0 Å². The maximum atomic E-state index is 11.7. The van der Waals surface area contributed by atoms with Gasteiger partial charge in [-0.05, 0) is 45.2 Å². The highest BCUT2D eigenvalue weighted by Crippen LogP contribution is 2.36. The number of hydrogen-bond acceptors (Lipinski definition) is 4. The predicted molar refractivity (Wildman–Crippen MR) is 69.5 cm³/mol. The summed E-state index contributed by atoms with van der Waals surface area (Å²) in [5, 5.41) is 3.43. The summed E-state index contributed by atoms with van der Waals surface area (Å²) in [6.45, 7) is 8.60. The quantitative estimate of drug-likeness (QED) is 0.772. The number of nitrogens with one attached hydrogen (secondary N) is 1. The summed E-state index contributed by atoms with van der Waals surface area (Å²) in [6, 6.07) is -0.0834. The molecule has 0 radical (unpaired) electrons. The second-order valence-corrected chi connectivity index (χ2v) is 5.08. The number of hydrogen-bond donors (Lipinski definition) is 1. The number of nitrogens with zero attached hydrogens (tertiary/aromatic N) is 1. The molecule has 1 spiro atoms. The lowest BCUT2D eigenvalue weighted by Crippen LogP contribution is -2.40. The molecule has 0 aromatic heterocycles. The molecule has 2 fully saturated rings. The predicted octanol–water partition coefficient (Wildman–Crippen LogP) is 1.05. The van der Waals surface area contributed by atoms with Gasteiger partial charge in [-0.2, -0.15) is 0 Å². The Labute approximate surface area is 109 Å². The molecular formula is C12H23ClN2O2. The minimum absolute atomic E-state index is 0. The molecule has 2 heterocycles. The highest BCUT2D eigenvalue weighted by molar-refractivity contribution is 5.85. The van der Waals surface area contributed by atoms with E-state index < -0.39 is 0 Å². The molecule has 2 atom stereocenters. The molecule has 2 saturated heterocycles. The average molecular weight is 263 g/mol. The van der Waals surface area contributed by atoms with E-state index >= 15 is 0 Å². The number of rotatable bonds is 3. The molecule has 2 unspecified atom stereocenters. The zero-order valence-corrected chi connectivity index (χ0v) is 11.5. The Morgan fingerprint density at radius 1 is 1.53 bits per heavy atom. The molecule has 5 heteroatoms. The third-order valence-corrected chi connectivity index (χ3v) is 3.98. The van der Waals surface area contributed by atoms with Gasteiger partial charge in [0.1, 0.15) is 6.04 Å². The Balaban J connectivity index is 0.00000144. The molecule has 100 valence electrons. The molecule has 0 aliphatic carbocycles. The summed E-state index contributed by atoms with van der Waals surface area (Å²) in [4.78, 5) is 13.9. The van der Waals surface area contributed by atoms with Gasteiger partial charge in [-0.3, -0.25) is 9.69 Å². The zero-order chi connectivity index (χ0) is 11.6. The van der Waals surface area contributed by atoms with Crippen molar-refractivity contribution in [2.45, 2.75) is 32.7 Å². The molecule has 2 aliphatic rings. The van der Waals surface area contributed by atoms with E-state index in [2.05, 4.69) is 10.2 Å². The number of esters is 1. The molecule has 17 heavy (non-hydrogen) atoms. The maximum absolute atomic E-state index is 11.7. The lowest BCUT2D eigenvalue weighted by atomic mass is 9.86. The van der Waals surface area contributed by atoms with Gasteiger partial charge in [-0.25, -0.2) is 0 Å². The highest BCUT2D eigenvalue weighted by atomic mass is 35.5. The summed E-state index contributed by atoms with van der Waals surface area (Å²) in [5.41, 5.74) is 0.431. The van der Waals surface area contributed by atoms with Gasteiger partial charge in [0.25, 0.3) is 0 Å². The van der Waals surface area contributed by atoms with Gasteiger partial charge in [-0.1, -0.05) is 0 Å². The second kappa shape index (κ2) is 6.03. The standard InChI is InChI=1S/C12H22N2O2.ClH/c1-3-16-11(15)10(2)14-7-5-12(9-14)4-6-13-8-12;/h10,13H,3-9H2,1-2H3;1H. The summed E-state index contributed by atoms with van der Waals surface area (Å²) >= 11 is 0. The van der Waals surface area contributed by atoms with Gasteiger partial charge in [0.15, 0.2) is 0 Å². The number of likely N-dealkylation sites (tertiary alicyclic amines) is 1. The second-order valence-electron chi connectivity index (χ2n) is 5.08. The maximum Gasteiger partial charge on any atom is 0.323 e. The van der Waals surface area contributed by atoms with Crippen LogP contribution in [0.25, 0.3) is 0 Å². The van der Waals surface area contributed by atoms with Gasteiger partial charge in [0.2, 0.25) is 0 Å². The summed E-state index contributed by atoms with van der Waals surface area (Å²) in [5.74, 6) is -0.0782. The van der Waals surface area contributed by atoms with Crippen LogP contribution in [0, 0.1) is 5.41 Å². The van der Waals surface area contributed by atoms with E-state index in [1.54, 1.807) is 0 Å². The van der Waals surface area contributed by atoms with Gasteiger partial charge >= 0.3 is 5.97 Å². The van der Waals surface area contributed by atoms with Crippen LogP contribution in [0.2, 0.25) is 0 Å². The first-order valence-electron chi connectivity index (χ1n) is 6.28. The van der Waals surface area contributed by atoms with Crippen molar-refractivity contribution in [1.29, 1.82) is 0 Å². The van der Waals surface area contributed by atoms with Gasteiger partial charge in [0, 0.05) is 13.1 Å². The Kier molecular flexibility index (Phi) is 5.22. The lowest BCUT2D eigenvalue weighted by Gasteiger charge is -2.26. The molecule has 2 rings (SSSR count). The number of carbonyl (C=O) groups excluding carboxylic acids is 1. The van der Waals surface area contributed by atoms with Crippen LogP contribution in [0.1, 0.15) is 26.7 Å². The Bertz CT molecular complexity index is 267. The Morgan fingerprint density at radius 3 is 2.88 bits per heavy atom. The number of halogens is 1. The van der Waals surface area contributed by atoms with Crippen LogP contribution in [0.15, 0.2) is 0 Å². The fourth-order valence-corrected chi connectivity index (χ4v) is 2.86. The average Bonchev–Trinajstić information content (AvgIpc) is 2.89. The van der Waals surface area contributed by atoms with E-state index in [1.807, 2.05) is 13.8 Å². The number of carbonyl (C=O) groups is 1. The van der Waals surface area contributed by atoms with Crippen molar-refractivity contribution in [2.75, 3.05) is 32.8 Å². The molecule has 0 saturated carbocycles. The van der Waals surface area contributed by atoms with E-state index in [0.717, 1.165) is 26.2 Å².